The van der Waals surface area contributed by atoms with Crippen LogP contribution in [-0.4, -0.2) is 50.0 Å². The Bertz CT molecular complexity index is 1150. The van der Waals surface area contributed by atoms with Crippen molar-refractivity contribution >= 4 is 27.4 Å². The number of carbonyl (C=O) groups excluding carboxylic acids is 2. The zero-order chi connectivity index (χ0) is 22.4. The highest BCUT2D eigenvalue weighted by Gasteiger charge is 2.44. The van der Waals surface area contributed by atoms with Crippen LogP contribution in [0.2, 0.25) is 0 Å². The maximum atomic E-state index is 12.9. The van der Waals surface area contributed by atoms with Crippen LogP contribution in [0.15, 0.2) is 36.4 Å². The Morgan fingerprint density at radius 1 is 1.06 bits per heavy atom. The largest absolute Gasteiger partial charge is 0.486 e. The fourth-order valence-corrected chi connectivity index (χ4v) is 4.82. The first kappa shape index (κ1) is 21.4. The van der Waals surface area contributed by atoms with Crippen molar-refractivity contribution in [2.24, 2.45) is 0 Å². The number of anilines is 1. The molecule has 1 spiro atoms. The highest BCUT2D eigenvalue weighted by atomic mass is 32.2. The molecule has 2 aromatic carbocycles. The predicted molar refractivity (Wildman–Crippen MR) is 118 cm³/mol. The Morgan fingerprint density at radius 3 is 2.32 bits per heavy atom. The van der Waals surface area contributed by atoms with Crippen LogP contribution in [0.3, 0.4) is 0 Å². The molecular formula is C23H26N2O5S. The Balaban J connectivity index is 1.45. The van der Waals surface area contributed by atoms with Gasteiger partial charge in [0.25, 0.3) is 5.91 Å². The summed E-state index contributed by atoms with van der Waals surface area (Å²) in [5, 5.41) is 0. The molecule has 2 aliphatic rings. The number of carbonyl (C=O) groups is 2. The van der Waals surface area contributed by atoms with Gasteiger partial charge >= 0.3 is 0 Å². The van der Waals surface area contributed by atoms with Gasteiger partial charge in [-0.25, -0.2) is 8.42 Å². The van der Waals surface area contributed by atoms with E-state index in [2.05, 4.69) is 4.72 Å². The van der Waals surface area contributed by atoms with Gasteiger partial charge in [0, 0.05) is 37.2 Å². The van der Waals surface area contributed by atoms with Crippen LogP contribution in [0.1, 0.15) is 51.1 Å². The van der Waals surface area contributed by atoms with Gasteiger partial charge in [0.05, 0.1) is 18.2 Å². The fraction of sp³-hybridized carbons (Fsp3) is 0.391. The molecule has 2 aromatic rings. The molecule has 4 rings (SSSR count). The summed E-state index contributed by atoms with van der Waals surface area (Å²) in [5.41, 5.74) is 3.07. The molecule has 8 heteroatoms. The maximum Gasteiger partial charge on any atom is 0.253 e. The number of fused-ring (bicyclic) bond motifs is 1. The summed E-state index contributed by atoms with van der Waals surface area (Å²) in [5.74, 6) is 0.665. The molecular weight excluding hydrogens is 416 g/mol. The van der Waals surface area contributed by atoms with Gasteiger partial charge in [0.2, 0.25) is 10.0 Å². The van der Waals surface area contributed by atoms with Crippen molar-refractivity contribution in [3.05, 3.63) is 58.7 Å². The summed E-state index contributed by atoms with van der Waals surface area (Å²) in [4.78, 5) is 27.5. The van der Waals surface area contributed by atoms with Gasteiger partial charge in [-0.1, -0.05) is 6.07 Å². The lowest BCUT2D eigenvalue weighted by Crippen LogP contribution is -2.52. The lowest BCUT2D eigenvalue weighted by Gasteiger charge is -2.44. The maximum absolute atomic E-state index is 12.9. The second-order valence-electron chi connectivity index (χ2n) is 8.51. The number of likely N-dealkylation sites (tertiary alicyclic amines) is 1. The summed E-state index contributed by atoms with van der Waals surface area (Å²) < 4.78 is 31.5. The third-order valence-electron chi connectivity index (χ3n) is 6.18. The molecule has 0 atom stereocenters. The van der Waals surface area contributed by atoms with Crippen molar-refractivity contribution in [2.75, 3.05) is 24.1 Å². The Hall–Kier alpha value is -2.87. The quantitative estimate of drug-likeness (QED) is 0.787. The molecule has 0 aliphatic carbocycles. The smallest absolute Gasteiger partial charge is 0.253 e. The first-order valence-corrected chi connectivity index (χ1v) is 12.2. The van der Waals surface area contributed by atoms with Gasteiger partial charge in [-0.15, -0.1) is 0 Å². The normalized spacial score (nSPS) is 17.8. The van der Waals surface area contributed by atoms with Crippen molar-refractivity contribution in [3.63, 3.8) is 0 Å². The van der Waals surface area contributed by atoms with Crippen LogP contribution in [0.25, 0.3) is 0 Å². The first-order valence-electron chi connectivity index (χ1n) is 10.3. The van der Waals surface area contributed by atoms with Crippen molar-refractivity contribution in [2.45, 2.75) is 38.7 Å². The second kappa shape index (κ2) is 7.67. The van der Waals surface area contributed by atoms with Crippen molar-refractivity contribution in [1.29, 1.82) is 0 Å². The molecule has 0 unspecified atom stereocenters. The number of rotatable bonds is 3. The van der Waals surface area contributed by atoms with Crippen molar-refractivity contribution < 1.29 is 22.7 Å². The second-order valence-corrected chi connectivity index (χ2v) is 10.3. The third kappa shape index (κ3) is 4.30. The minimum absolute atomic E-state index is 0.0955. The molecule has 164 valence electrons. The number of Topliss-reactive ketones (excluding diaryl/α,β-unsaturated/α-hetero) is 1. The van der Waals surface area contributed by atoms with E-state index in [0.717, 1.165) is 17.4 Å². The number of piperidine rings is 1. The topological polar surface area (TPSA) is 92.8 Å². The van der Waals surface area contributed by atoms with Crippen LogP contribution < -0.4 is 9.46 Å². The van der Waals surface area contributed by atoms with Crippen LogP contribution >= 0.6 is 0 Å². The number of ketones is 1. The van der Waals surface area contributed by atoms with E-state index in [1.165, 1.54) is 0 Å². The van der Waals surface area contributed by atoms with Gasteiger partial charge in [-0.2, -0.15) is 0 Å². The number of sulfonamides is 1. The van der Waals surface area contributed by atoms with E-state index in [0.29, 0.717) is 54.9 Å². The molecule has 2 aliphatic heterocycles. The summed E-state index contributed by atoms with van der Waals surface area (Å²) in [7, 11) is -3.37. The summed E-state index contributed by atoms with van der Waals surface area (Å²) in [6.45, 7) is 4.97. The van der Waals surface area contributed by atoms with Crippen LogP contribution in [-0.2, 0) is 10.0 Å². The zero-order valence-corrected chi connectivity index (χ0v) is 18.7. The molecule has 0 aromatic heterocycles. The molecule has 1 fully saturated rings. The number of amides is 1. The number of ether oxygens (including phenoxy) is 1. The lowest BCUT2D eigenvalue weighted by atomic mass is 9.81. The minimum Gasteiger partial charge on any atom is -0.486 e. The number of benzene rings is 2. The molecule has 2 heterocycles. The van der Waals surface area contributed by atoms with Gasteiger partial charge in [-0.05, 0) is 55.3 Å². The van der Waals surface area contributed by atoms with E-state index < -0.39 is 15.6 Å². The van der Waals surface area contributed by atoms with Crippen LogP contribution in [0.4, 0.5) is 5.69 Å². The van der Waals surface area contributed by atoms with E-state index in [1.54, 1.807) is 29.2 Å². The number of hydrogen-bond acceptors (Lipinski definition) is 5. The number of nitrogens with one attached hydrogen (secondary N) is 1. The van der Waals surface area contributed by atoms with E-state index in [-0.39, 0.29) is 11.7 Å². The Kier molecular flexibility index (Phi) is 5.29. The molecule has 1 saturated heterocycles. The van der Waals surface area contributed by atoms with Gasteiger partial charge in [0.15, 0.2) is 5.78 Å². The lowest BCUT2D eigenvalue weighted by molar-refractivity contribution is -0.00620. The highest BCUT2D eigenvalue weighted by molar-refractivity contribution is 7.92. The van der Waals surface area contributed by atoms with E-state index in [1.807, 2.05) is 26.0 Å². The van der Waals surface area contributed by atoms with Gasteiger partial charge in [-0.3, -0.25) is 14.3 Å². The van der Waals surface area contributed by atoms with Crippen molar-refractivity contribution in [3.8, 4) is 5.75 Å². The summed E-state index contributed by atoms with van der Waals surface area (Å²) in [6.07, 6.45) is 2.58. The highest BCUT2D eigenvalue weighted by Crippen LogP contribution is 2.41. The molecule has 0 bridgehead atoms. The molecule has 1 N–H and O–H groups in total. The van der Waals surface area contributed by atoms with Gasteiger partial charge < -0.3 is 9.64 Å². The molecule has 0 saturated carbocycles. The summed E-state index contributed by atoms with van der Waals surface area (Å²) >= 11 is 0. The van der Waals surface area contributed by atoms with E-state index >= 15 is 0 Å². The minimum atomic E-state index is -3.37. The zero-order valence-electron chi connectivity index (χ0n) is 17.9. The molecule has 1 amide bonds. The van der Waals surface area contributed by atoms with Crippen molar-refractivity contribution in [1.82, 2.24) is 4.90 Å². The average molecular weight is 443 g/mol. The number of hydrogen-bond donors (Lipinski definition) is 1. The predicted octanol–water partition coefficient (Wildman–Crippen LogP) is 3.32. The monoisotopic (exact) mass is 442 g/mol. The number of aryl methyl sites for hydroxylation is 1. The number of nitrogens with zero attached hydrogens (tertiary/aromatic N) is 1. The molecule has 31 heavy (non-hydrogen) atoms. The van der Waals surface area contributed by atoms with Crippen LogP contribution in [0, 0.1) is 13.8 Å². The first-order chi connectivity index (χ1) is 14.6. The average Bonchev–Trinajstić information content (AvgIpc) is 2.71. The Labute approximate surface area is 182 Å². The molecule has 7 nitrogen and oxygen atoms in total. The van der Waals surface area contributed by atoms with Gasteiger partial charge in [0.1, 0.15) is 11.4 Å². The summed E-state index contributed by atoms with van der Waals surface area (Å²) in [6, 6.07) is 10.2. The Morgan fingerprint density at radius 2 is 1.71 bits per heavy atom. The van der Waals surface area contributed by atoms with E-state index in [4.69, 9.17) is 4.74 Å². The van der Waals surface area contributed by atoms with E-state index in [9.17, 15) is 18.0 Å². The third-order valence-corrected chi connectivity index (χ3v) is 6.78. The fourth-order valence-electron chi connectivity index (χ4n) is 4.26. The standard InChI is InChI=1S/C23H26N2O5S/c1-15-4-9-19-20(26)14-23(30-21(19)16(15)2)10-12-25(13-11-23)22(27)17-5-7-18(8-6-17)24-31(3,28)29/h4-9,24H,10-14H2,1-3H3. The van der Waals surface area contributed by atoms with Crippen LogP contribution in [0.5, 0.6) is 5.75 Å². The SMILES string of the molecule is Cc1ccc2c(c1C)OC1(CCN(C(=O)c3ccc(NS(C)(=O)=O)cc3)CC1)CC2=O. The molecule has 0 radical (unpaired) electrons.